The number of nitrogens with zero attached hydrogens (tertiary/aromatic N) is 6. The summed E-state index contributed by atoms with van der Waals surface area (Å²) in [6.07, 6.45) is 1.77. The van der Waals surface area contributed by atoms with Crippen LogP contribution in [0.3, 0.4) is 0 Å². The van der Waals surface area contributed by atoms with Gasteiger partial charge < -0.3 is 10.4 Å². The van der Waals surface area contributed by atoms with Crippen molar-refractivity contribution in [2.75, 3.05) is 5.32 Å². The number of aryl methyl sites for hydroxylation is 4. The summed E-state index contributed by atoms with van der Waals surface area (Å²) in [5, 5.41) is 23.1. The molecule has 0 aliphatic rings. The Labute approximate surface area is 185 Å². The average molecular weight is 428 g/mol. The molecular formula is C24H25N7O. The van der Waals surface area contributed by atoms with Crippen LogP contribution in [0.4, 0.5) is 5.82 Å². The number of aliphatic hydroxyl groups is 1. The van der Waals surface area contributed by atoms with Gasteiger partial charge in [-0.1, -0.05) is 12.1 Å². The number of hydrogen-bond acceptors (Lipinski definition) is 6. The fraction of sp³-hybridized carbons (Fsp3) is 0.250. The molecule has 0 bridgehead atoms. The van der Waals surface area contributed by atoms with Gasteiger partial charge in [-0.15, -0.1) is 0 Å². The van der Waals surface area contributed by atoms with E-state index in [1.54, 1.807) is 6.20 Å². The Hall–Kier alpha value is -3.78. The molecule has 1 aromatic carbocycles. The van der Waals surface area contributed by atoms with Gasteiger partial charge in [0.2, 0.25) is 0 Å². The Kier molecular flexibility index (Phi) is 4.86. The molecular weight excluding hydrogens is 402 g/mol. The molecule has 5 rings (SSSR count). The maximum Gasteiger partial charge on any atom is 0.165 e. The highest BCUT2D eigenvalue weighted by atomic mass is 16.3. The number of nitrogens with one attached hydrogen (secondary N) is 1. The summed E-state index contributed by atoms with van der Waals surface area (Å²) < 4.78 is 3.78. The van der Waals surface area contributed by atoms with Gasteiger partial charge >= 0.3 is 0 Å². The minimum atomic E-state index is -0.0580. The number of benzene rings is 1. The van der Waals surface area contributed by atoms with Gasteiger partial charge in [-0.2, -0.15) is 14.7 Å². The lowest BCUT2D eigenvalue weighted by molar-refractivity contribution is 0.277. The van der Waals surface area contributed by atoms with Crippen LogP contribution in [0, 0.1) is 20.8 Å². The number of aliphatic hydroxyl groups excluding tert-OH is 1. The van der Waals surface area contributed by atoms with Crippen molar-refractivity contribution < 1.29 is 5.11 Å². The number of rotatable bonds is 5. The third-order valence-corrected chi connectivity index (χ3v) is 5.74. The molecule has 0 saturated heterocycles. The largest absolute Gasteiger partial charge is 0.390 e. The molecule has 8 heteroatoms. The molecule has 5 aromatic rings. The lowest BCUT2D eigenvalue weighted by atomic mass is 10.0. The van der Waals surface area contributed by atoms with Gasteiger partial charge in [-0.25, -0.2) is 4.98 Å². The van der Waals surface area contributed by atoms with Gasteiger partial charge in [0.25, 0.3) is 0 Å². The van der Waals surface area contributed by atoms with Crippen molar-refractivity contribution in [2.45, 2.75) is 33.9 Å². The van der Waals surface area contributed by atoms with Crippen LogP contribution in [0.1, 0.15) is 28.3 Å². The number of anilines is 1. The van der Waals surface area contributed by atoms with Gasteiger partial charge in [-0.05, 0) is 50.1 Å². The minimum Gasteiger partial charge on any atom is -0.390 e. The number of pyridine rings is 1. The minimum absolute atomic E-state index is 0.0580. The first kappa shape index (κ1) is 20.1. The molecule has 0 unspecified atom stereocenters. The van der Waals surface area contributed by atoms with E-state index in [4.69, 9.17) is 10.1 Å². The van der Waals surface area contributed by atoms with E-state index < -0.39 is 0 Å². The Balaban J connectivity index is 1.56. The highest BCUT2D eigenvalue weighted by molar-refractivity contribution is 5.90. The topological polar surface area (TPSA) is 93.2 Å². The average Bonchev–Trinajstić information content (AvgIpc) is 3.27. The highest BCUT2D eigenvalue weighted by Crippen LogP contribution is 2.32. The van der Waals surface area contributed by atoms with E-state index in [1.165, 1.54) is 0 Å². The maximum atomic E-state index is 9.18. The lowest BCUT2D eigenvalue weighted by Crippen LogP contribution is -2.07. The summed E-state index contributed by atoms with van der Waals surface area (Å²) in [5.74, 6) is 0.867. The maximum absolute atomic E-state index is 9.18. The van der Waals surface area contributed by atoms with Crippen molar-refractivity contribution in [3.63, 3.8) is 0 Å². The van der Waals surface area contributed by atoms with Gasteiger partial charge in [0.1, 0.15) is 5.82 Å². The lowest BCUT2D eigenvalue weighted by Gasteiger charge is -2.10. The normalized spacial score (nSPS) is 11.5. The second kappa shape index (κ2) is 7.72. The van der Waals surface area contributed by atoms with E-state index in [0.29, 0.717) is 12.2 Å². The SMILES string of the molecule is Cc1cc(NCc2ccc(CO)nc2)n2nc(C)c(-c3ccc4c(c3)c(C)nn4C)c2n1. The Bertz CT molecular complexity index is 1450. The molecule has 0 aliphatic heterocycles. The van der Waals surface area contributed by atoms with Crippen LogP contribution in [-0.2, 0) is 20.2 Å². The summed E-state index contributed by atoms with van der Waals surface area (Å²) in [4.78, 5) is 9.07. The van der Waals surface area contributed by atoms with Crippen LogP contribution < -0.4 is 5.32 Å². The van der Waals surface area contributed by atoms with E-state index in [9.17, 15) is 5.11 Å². The van der Waals surface area contributed by atoms with Gasteiger partial charge in [0, 0.05) is 42.5 Å². The van der Waals surface area contributed by atoms with Gasteiger partial charge in [-0.3, -0.25) is 9.67 Å². The van der Waals surface area contributed by atoms with Crippen molar-refractivity contribution in [1.29, 1.82) is 0 Å². The number of fused-ring (bicyclic) bond motifs is 2. The first-order valence-corrected chi connectivity index (χ1v) is 10.5. The third kappa shape index (κ3) is 3.38. The quantitative estimate of drug-likeness (QED) is 0.444. The third-order valence-electron chi connectivity index (χ3n) is 5.74. The molecule has 0 amide bonds. The van der Waals surface area contributed by atoms with Gasteiger partial charge in [0.05, 0.1) is 29.2 Å². The summed E-state index contributed by atoms with van der Waals surface area (Å²) in [5.41, 5.74) is 8.54. The van der Waals surface area contributed by atoms with Crippen LogP contribution in [0.15, 0.2) is 42.6 Å². The summed E-state index contributed by atoms with van der Waals surface area (Å²) in [6, 6.07) is 12.2. The first-order valence-electron chi connectivity index (χ1n) is 10.5. The van der Waals surface area contributed by atoms with Crippen molar-refractivity contribution in [1.82, 2.24) is 29.4 Å². The van der Waals surface area contributed by atoms with Crippen molar-refractivity contribution >= 4 is 22.4 Å². The molecule has 8 nitrogen and oxygen atoms in total. The molecule has 2 N–H and O–H groups in total. The van der Waals surface area contributed by atoms with Crippen molar-refractivity contribution in [2.24, 2.45) is 7.05 Å². The second-order valence-electron chi connectivity index (χ2n) is 8.09. The Morgan fingerprint density at radius 3 is 2.59 bits per heavy atom. The van der Waals surface area contributed by atoms with E-state index >= 15 is 0 Å². The summed E-state index contributed by atoms with van der Waals surface area (Å²) in [7, 11) is 1.96. The summed E-state index contributed by atoms with van der Waals surface area (Å²) >= 11 is 0. The smallest absolute Gasteiger partial charge is 0.165 e. The number of aromatic nitrogens is 6. The molecule has 4 aromatic heterocycles. The molecule has 0 radical (unpaired) electrons. The molecule has 0 fully saturated rings. The zero-order valence-electron chi connectivity index (χ0n) is 18.6. The predicted molar refractivity (Wildman–Crippen MR) is 124 cm³/mol. The van der Waals surface area contributed by atoms with Crippen LogP contribution >= 0.6 is 0 Å². The molecule has 32 heavy (non-hydrogen) atoms. The second-order valence-corrected chi connectivity index (χ2v) is 8.09. The van der Waals surface area contributed by atoms with E-state index in [0.717, 1.165) is 56.1 Å². The molecule has 4 heterocycles. The van der Waals surface area contributed by atoms with Crippen LogP contribution in [0.5, 0.6) is 0 Å². The fourth-order valence-corrected chi connectivity index (χ4v) is 4.15. The summed E-state index contributed by atoms with van der Waals surface area (Å²) in [6.45, 7) is 6.57. The van der Waals surface area contributed by atoms with Gasteiger partial charge in [0.15, 0.2) is 5.65 Å². The van der Waals surface area contributed by atoms with Crippen molar-refractivity contribution in [3.8, 4) is 11.1 Å². The standard InChI is InChI=1S/C24H25N7O/c1-14-9-22(26-12-17-5-7-19(13-32)25-11-17)31-24(27-14)23(16(3)29-31)18-6-8-21-20(10-18)15(2)28-30(21)4/h5-11,26,32H,12-13H2,1-4H3. The highest BCUT2D eigenvalue weighted by Gasteiger charge is 2.17. The van der Waals surface area contributed by atoms with E-state index in [-0.39, 0.29) is 6.61 Å². The van der Waals surface area contributed by atoms with Crippen LogP contribution in [0.2, 0.25) is 0 Å². The van der Waals surface area contributed by atoms with E-state index in [1.807, 2.05) is 55.2 Å². The van der Waals surface area contributed by atoms with Crippen LogP contribution in [0.25, 0.3) is 27.7 Å². The van der Waals surface area contributed by atoms with E-state index in [2.05, 4.69) is 33.6 Å². The molecule has 0 saturated carbocycles. The van der Waals surface area contributed by atoms with Crippen LogP contribution in [-0.4, -0.2) is 34.5 Å². The molecule has 0 spiro atoms. The van der Waals surface area contributed by atoms with Crippen molar-refractivity contribution in [3.05, 3.63) is 70.9 Å². The monoisotopic (exact) mass is 427 g/mol. The predicted octanol–water partition coefficient (Wildman–Crippen LogP) is 3.71. The zero-order chi connectivity index (χ0) is 22.4. The molecule has 0 aliphatic carbocycles. The number of hydrogen-bond donors (Lipinski definition) is 2. The first-order chi connectivity index (χ1) is 15.4. The Morgan fingerprint density at radius 1 is 1.00 bits per heavy atom. The molecule has 162 valence electrons. The zero-order valence-corrected chi connectivity index (χ0v) is 18.6. The fourth-order valence-electron chi connectivity index (χ4n) is 4.15. The molecule has 0 atom stereocenters. The Morgan fingerprint density at radius 2 is 1.84 bits per heavy atom.